The molecule has 1 unspecified atom stereocenters. The first-order valence-corrected chi connectivity index (χ1v) is 8.83. The Balaban J connectivity index is 4.54. The Morgan fingerprint density at radius 3 is 2.46 bits per heavy atom. The number of hydrogen-bond donors (Lipinski definition) is 3. The molecule has 0 fully saturated rings. The first-order valence-electron chi connectivity index (χ1n) is 8.83. The van der Waals surface area contributed by atoms with Gasteiger partial charge in [-0.05, 0) is 40.5 Å². The van der Waals surface area contributed by atoms with E-state index in [1.807, 2.05) is 27.7 Å². The Hall–Kier alpha value is -1.50. The predicted molar refractivity (Wildman–Crippen MR) is 98.5 cm³/mol. The fraction of sp³-hybridized carbons (Fsp3) is 0.882. The van der Waals surface area contributed by atoms with Gasteiger partial charge in [-0.15, -0.1) is 0 Å². The van der Waals surface area contributed by atoms with Crippen LogP contribution in [-0.2, 0) is 9.47 Å². The van der Waals surface area contributed by atoms with E-state index in [-0.39, 0.29) is 6.04 Å². The second-order valence-electron chi connectivity index (χ2n) is 6.62. The van der Waals surface area contributed by atoms with Gasteiger partial charge in [0.05, 0.1) is 12.6 Å². The molecule has 0 aliphatic rings. The Morgan fingerprint density at radius 1 is 1.21 bits per heavy atom. The highest BCUT2D eigenvalue weighted by molar-refractivity contribution is 5.79. The molecule has 0 saturated carbocycles. The topological polar surface area (TPSA) is 84.0 Å². The van der Waals surface area contributed by atoms with E-state index in [9.17, 15) is 4.79 Å². The van der Waals surface area contributed by atoms with Crippen LogP contribution in [-0.4, -0.2) is 57.0 Å². The molecule has 0 saturated heterocycles. The zero-order chi connectivity index (χ0) is 18.4. The van der Waals surface area contributed by atoms with E-state index >= 15 is 0 Å². The van der Waals surface area contributed by atoms with Crippen LogP contribution in [0.2, 0.25) is 0 Å². The van der Waals surface area contributed by atoms with Crippen LogP contribution >= 0.6 is 0 Å². The van der Waals surface area contributed by atoms with Crippen LogP contribution in [0.1, 0.15) is 53.9 Å². The number of carbonyl (C=O) groups is 1. The third-order valence-corrected chi connectivity index (χ3v) is 2.99. The van der Waals surface area contributed by atoms with E-state index in [0.717, 1.165) is 38.3 Å². The summed E-state index contributed by atoms with van der Waals surface area (Å²) in [6.45, 7) is 12.5. The maximum Gasteiger partial charge on any atom is 0.407 e. The summed E-state index contributed by atoms with van der Waals surface area (Å²) < 4.78 is 10.4. The van der Waals surface area contributed by atoms with Gasteiger partial charge in [-0.3, -0.25) is 4.99 Å². The van der Waals surface area contributed by atoms with Crippen molar-refractivity contribution in [3.63, 3.8) is 0 Å². The third kappa shape index (κ3) is 13.0. The average molecular weight is 345 g/mol. The zero-order valence-electron chi connectivity index (χ0n) is 16.2. The second kappa shape index (κ2) is 12.9. The summed E-state index contributed by atoms with van der Waals surface area (Å²) in [6.07, 6.45) is 2.34. The van der Waals surface area contributed by atoms with Crippen LogP contribution in [0.15, 0.2) is 4.99 Å². The third-order valence-electron chi connectivity index (χ3n) is 2.99. The molecule has 7 nitrogen and oxygen atoms in total. The number of aliphatic imine (C=N–C) groups is 1. The summed E-state index contributed by atoms with van der Waals surface area (Å²) in [4.78, 5) is 16.5. The van der Waals surface area contributed by atoms with Gasteiger partial charge in [0.25, 0.3) is 0 Å². The number of rotatable bonds is 10. The van der Waals surface area contributed by atoms with E-state index < -0.39 is 11.7 Å². The summed E-state index contributed by atoms with van der Waals surface area (Å²) >= 11 is 0. The number of nitrogens with one attached hydrogen (secondary N) is 3. The fourth-order valence-corrected chi connectivity index (χ4v) is 2.00. The van der Waals surface area contributed by atoms with Crippen LogP contribution in [0.5, 0.6) is 0 Å². The van der Waals surface area contributed by atoms with Crippen molar-refractivity contribution in [2.24, 2.45) is 4.99 Å². The lowest BCUT2D eigenvalue weighted by atomic mass is 10.1. The van der Waals surface area contributed by atoms with Crippen LogP contribution < -0.4 is 16.0 Å². The van der Waals surface area contributed by atoms with Crippen molar-refractivity contribution in [3.05, 3.63) is 0 Å². The Labute approximate surface area is 147 Å². The second-order valence-corrected chi connectivity index (χ2v) is 6.62. The normalized spacial score (nSPS) is 13.3. The molecule has 0 aliphatic heterocycles. The number of hydrogen-bond acceptors (Lipinski definition) is 4. The van der Waals surface area contributed by atoms with E-state index in [0.29, 0.717) is 13.2 Å². The molecule has 0 heterocycles. The molecule has 24 heavy (non-hydrogen) atoms. The molecule has 0 aliphatic carbocycles. The Bertz CT molecular complexity index is 367. The monoisotopic (exact) mass is 344 g/mol. The quantitative estimate of drug-likeness (QED) is 0.322. The van der Waals surface area contributed by atoms with Crippen LogP contribution in [0.3, 0.4) is 0 Å². The van der Waals surface area contributed by atoms with Gasteiger partial charge < -0.3 is 25.4 Å². The molecular weight excluding hydrogens is 308 g/mol. The van der Waals surface area contributed by atoms with Gasteiger partial charge in [0, 0.05) is 26.8 Å². The van der Waals surface area contributed by atoms with Crippen molar-refractivity contribution in [1.29, 1.82) is 0 Å². The molecule has 0 aromatic carbocycles. The predicted octanol–water partition coefficient (Wildman–Crippen LogP) is 2.27. The summed E-state index contributed by atoms with van der Waals surface area (Å²) in [6, 6.07) is -0.0423. The lowest BCUT2D eigenvalue weighted by molar-refractivity contribution is 0.0503. The highest BCUT2D eigenvalue weighted by Gasteiger charge is 2.19. The van der Waals surface area contributed by atoms with Crippen LogP contribution in [0.4, 0.5) is 4.79 Å². The van der Waals surface area contributed by atoms with E-state index in [1.165, 1.54) is 0 Å². The molecule has 7 heteroatoms. The summed E-state index contributed by atoms with van der Waals surface area (Å²) in [7, 11) is 1.69. The number of guanidine groups is 1. The number of carbonyl (C=O) groups excluding carboxylic acids is 1. The average Bonchev–Trinajstić information content (AvgIpc) is 2.47. The van der Waals surface area contributed by atoms with Gasteiger partial charge in [-0.1, -0.05) is 13.3 Å². The Morgan fingerprint density at radius 2 is 1.92 bits per heavy atom. The molecule has 0 spiro atoms. The smallest absolute Gasteiger partial charge is 0.407 e. The fourth-order valence-electron chi connectivity index (χ4n) is 2.00. The molecule has 0 rings (SSSR count). The molecule has 0 aromatic heterocycles. The number of nitrogens with zero attached hydrogens (tertiary/aromatic N) is 1. The molecule has 1 amide bonds. The van der Waals surface area contributed by atoms with Crippen LogP contribution in [0, 0.1) is 0 Å². The molecule has 0 radical (unpaired) electrons. The van der Waals surface area contributed by atoms with Gasteiger partial charge in [0.1, 0.15) is 5.60 Å². The highest BCUT2D eigenvalue weighted by Crippen LogP contribution is 2.07. The minimum Gasteiger partial charge on any atom is -0.444 e. The number of alkyl carbamates (subject to hydrolysis) is 1. The van der Waals surface area contributed by atoms with E-state index in [1.54, 1.807) is 7.11 Å². The zero-order valence-corrected chi connectivity index (χ0v) is 16.2. The van der Waals surface area contributed by atoms with E-state index in [4.69, 9.17) is 9.47 Å². The van der Waals surface area contributed by atoms with Gasteiger partial charge in [-0.25, -0.2) is 4.79 Å². The van der Waals surface area contributed by atoms with Crippen molar-refractivity contribution in [2.45, 2.75) is 65.5 Å². The van der Waals surface area contributed by atoms with Crippen molar-refractivity contribution < 1.29 is 14.3 Å². The number of methoxy groups -OCH3 is 1. The van der Waals surface area contributed by atoms with Gasteiger partial charge in [0.2, 0.25) is 0 Å². The first kappa shape index (κ1) is 22.5. The van der Waals surface area contributed by atoms with Gasteiger partial charge >= 0.3 is 6.09 Å². The van der Waals surface area contributed by atoms with Crippen molar-refractivity contribution in [1.82, 2.24) is 16.0 Å². The largest absolute Gasteiger partial charge is 0.444 e. The summed E-state index contributed by atoms with van der Waals surface area (Å²) in [5.74, 6) is 0.751. The Kier molecular flexibility index (Phi) is 12.1. The minimum atomic E-state index is -0.498. The van der Waals surface area contributed by atoms with Crippen molar-refractivity contribution in [2.75, 3.05) is 33.4 Å². The maximum absolute atomic E-state index is 11.9. The molecule has 142 valence electrons. The van der Waals surface area contributed by atoms with E-state index in [2.05, 4.69) is 27.9 Å². The molecule has 0 bridgehead atoms. The standard InChI is InChI=1S/C17H36N4O3/c1-7-10-14(21-16(22)24-17(3,4)5)13-20-15(18-8-2)19-11-9-12-23-6/h14H,7-13H2,1-6H3,(H,21,22)(H2,18,19,20). The lowest BCUT2D eigenvalue weighted by Gasteiger charge is -2.23. The molecule has 3 N–H and O–H groups in total. The van der Waals surface area contributed by atoms with Gasteiger partial charge in [0.15, 0.2) is 5.96 Å². The van der Waals surface area contributed by atoms with Crippen molar-refractivity contribution in [3.8, 4) is 0 Å². The summed E-state index contributed by atoms with van der Waals surface area (Å²) in [5.41, 5.74) is -0.498. The van der Waals surface area contributed by atoms with Crippen LogP contribution in [0.25, 0.3) is 0 Å². The lowest BCUT2D eigenvalue weighted by Crippen LogP contribution is -2.42. The summed E-state index contributed by atoms with van der Waals surface area (Å²) in [5, 5.41) is 9.37. The minimum absolute atomic E-state index is 0.0423. The molecular formula is C17H36N4O3. The SMILES string of the molecule is CCCC(CN=C(NCC)NCCCOC)NC(=O)OC(C)(C)C. The molecule has 0 aromatic rings. The van der Waals surface area contributed by atoms with Gasteiger partial charge in [-0.2, -0.15) is 0 Å². The number of amides is 1. The number of ether oxygens (including phenoxy) is 2. The van der Waals surface area contributed by atoms with Crippen molar-refractivity contribution >= 4 is 12.1 Å². The first-order chi connectivity index (χ1) is 11.3. The maximum atomic E-state index is 11.9. The molecule has 1 atom stereocenters. The highest BCUT2D eigenvalue weighted by atomic mass is 16.6.